The molecule has 0 saturated carbocycles. The molecule has 0 spiro atoms. The van der Waals surface area contributed by atoms with Crippen LogP contribution in [0, 0.1) is 0 Å². The molecule has 0 unspecified atom stereocenters. The summed E-state index contributed by atoms with van der Waals surface area (Å²) in [6.45, 7) is 0. The Bertz CT molecular complexity index is 323. The van der Waals surface area contributed by atoms with E-state index in [4.69, 9.17) is 4.74 Å². The molecule has 1 heterocycles. The highest BCUT2D eigenvalue weighted by atomic mass is 32.2. The fraction of sp³-hybridized carbons (Fsp3) is 0.364. The minimum Gasteiger partial charge on any atom is -0.456 e. The zero-order chi connectivity index (χ0) is 9.97. The molecule has 0 aromatic heterocycles. The average molecular weight is 208 g/mol. The highest BCUT2D eigenvalue weighted by molar-refractivity contribution is 7.99. The summed E-state index contributed by atoms with van der Waals surface area (Å²) in [5.41, 5.74) is 1.10. The second-order valence-electron chi connectivity index (χ2n) is 3.30. The highest BCUT2D eigenvalue weighted by Crippen LogP contribution is 2.36. The molecule has 0 radical (unpaired) electrons. The first-order valence-electron chi connectivity index (χ1n) is 4.58. The summed E-state index contributed by atoms with van der Waals surface area (Å²) in [7, 11) is 0. The van der Waals surface area contributed by atoms with Gasteiger partial charge in [-0.15, -0.1) is 0 Å². The van der Waals surface area contributed by atoms with Gasteiger partial charge in [-0.25, -0.2) is 0 Å². The molecule has 14 heavy (non-hydrogen) atoms. The molecule has 1 aromatic rings. The van der Waals surface area contributed by atoms with Crippen molar-refractivity contribution in [3.8, 4) is 0 Å². The van der Waals surface area contributed by atoms with Gasteiger partial charge >= 0.3 is 5.97 Å². The van der Waals surface area contributed by atoms with E-state index in [2.05, 4.69) is 0 Å². The van der Waals surface area contributed by atoms with E-state index < -0.39 is 0 Å². The molecule has 74 valence electrons. The molecule has 1 aliphatic heterocycles. The van der Waals surface area contributed by atoms with Crippen LogP contribution >= 0.6 is 11.8 Å². The van der Waals surface area contributed by atoms with Gasteiger partial charge < -0.3 is 4.74 Å². The first kappa shape index (κ1) is 9.59. The molecule has 2 atom stereocenters. The summed E-state index contributed by atoms with van der Waals surface area (Å²) in [5.74, 6) is -0.0850. The zero-order valence-electron chi connectivity index (χ0n) is 7.97. The lowest BCUT2D eigenvalue weighted by Crippen LogP contribution is -2.08. The number of cyclic esters (lactones) is 1. The molecule has 1 aliphatic rings. The minimum absolute atomic E-state index is 0.0568. The fourth-order valence-electron chi connectivity index (χ4n) is 1.67. The number of ether oxygens (including phenoxy) is 1. The number of hydrogen-bond acceptors (Lipinski definition) is 3. The number of thioether (sulfide) groups is 1. The van der Waals surface area contributed by atoms with Gasteiger partial charge in [0.2, 0.25) is 0 Å². The summed E-state index contributed by atoms with van der Waals surface area (Å²) in [6.07, 6.45) is 2.49. The molecule has 0 aliphatic carbocycles. The molecule has 1 fully saturated rings. The first-order valence-corrected chi connectivity index (χ1v) is 5.87. The van der Waals surface area contributed by atoms with E-state index in [1.807, 2.05) is 36.6 Å². The lowest BCUT2D eigenvalue weighted by Gasteiger charge is -2.15. The number of carbonyl (C=O) groups is 1. The highest BCUT2D eigenvalue weighted by Gasteiger charge is 2.34. The van der Waals surface area contributed by atoms with Crippen molar-refractivity contribution in [1.82, 2.24) is 0 Å². The lowest BCUT2D eigenvalue weighted by molar-refractivity contribution is -0.141. The van der Waals surface area contributed by atoms with Crippen LogP contribution in [0.2, 0.25) is 0 Å². The Kier molecular flexibility index (Phi) is 2.77. The summed E-state index contributed by atoms with van der Waals surface area (Å²) >= 11 is 1.69. The molecule has 2 rings (SSSR count). The molecule has 1 aromatic carbocycles. The monoisotopic (exact) mass is 208 g/mol. The van der Waals surface area contributed by atoms with Gasteiger partial charge in [-0.05, 0) is 11.8 Å². The van der Waals surface area contributed by atoms with Gasteiger partial charge in [-0.3, -0.25) is 4.79 Å². The second kappa shape index (κ2) is 4.05. The number of hydrogen-bond donors (Lipinski definition) is 0. The third kappa shape index (κ3) is 1.77. The van der Waals surface area contributed by atoms with Gasteiger partial charge in [0.05, 0.1) is 11.7 Å². The largest absolute Gasteiger partial charge is 0.456 e. The van der Waals surface area contributed by atoms with E-state index in [0.717, 1.165) is 5.56 Å². The maximum atomic E-state index is 11.2. The Morgan fingerprint density at radius 2 is 2.07 bits per heavy atom. The van der Waals surface area contributed by atoms with Crippen molar-refractivity contribution in [2.24, 2.45) is 0 Å². The van der Waals surface area contributed by atoms with Crippen molar-refractivity contribution in [2.45, 2.75) is 17.8 Å². The van der Waals surface area contributed by atoms with E-state index in [9.17, 15) is 4.79 Å². The smallest absolute Gasteiger partial charge is 0.307 e. The minimum atomic E-state index is -0.0850. The summed E-state index contributed by atoms with van der Waals surface area (Å²) in [5, 5.41) is 0.268. The van der Waals surface area contributed by atoms with Crippen LogP contribution < -0.4 is 0 Å². The predicted molar refractivity (Wildman–Crippen MR) is 57.2 cm³/mol. The van der Waals surface area contributed by atoms with Gasteiger partial charge in [0, 0.05) is 0 Å². The standard InChI is InChI=1S/C11H12O2S/c1-14-9-7-10(12)13-11(9)8-5-3-2-4-6-8/h2-6,9,11H,7H2,1H3/t9-,11+/m0/s1. The topological polar surface area (TPSA) is 26.3 Å². The molecule has 3 heteroatoms. The first-order chi connectivity index (χ1) is 6.81. The Labute approximate surface area is 87.6 Å². The molecule has 1 saturated heterocycles. The Morgan fingerprint density at radius 3 is 2.71 bits per heavy atom. The van der Waals surface area contributed by atoms with Crippen LogP contribution in [0.25, 0.3) is 0 Å². The Hall–Kier alpha value is -0.960. The van der Waals surface area contributed by atoms with Gasteiger partial charge in [-0.2, -0.15) is 11.8 Å². The molecule has 0 amide bonds. The maximum absolute atomic E-state index is 11.2. The summed E-state index contributed by atoms with van der Waals surface area (Å²) < 4.78 is 5.29. The molecular weight excluding hydrogens is 196 g/mol. The van der Waals surface area contributed by atoms with Crippen LogP contribution in [0.15, 0.2) is 30.3 Å². The number of carbonyl (C=O) groups excluding carboxylic acids is 1. The van der Waals surface area contributed by atoms with Crippen molar-refractivity contribution in [1.29, 1.82) is 0 Å². The number of esters is 1. The Balaban J connectivity index is 2.22. The zero-order valence-corrected chi connectivity index (χ0v) is 8.79. The lowest BCUT2D eigenvalue weighted by atomic mass is 10.1. The molecule has 0 N–H and O–H groups in total. The van der Waals surface area contributed by atoms with Crippen LogP contribution in [0.1, 0.15) is 18.1 Å². The van der Waals surface area contributed by atoms with Crippen LogP contribution in [0.4, 0.5) is 0 Å². The molecular formula is C11H12O2S. The predicted octanol–water partition coefficient (Wildman–Crippen LogP) is 2.41. The average Bonchev–Trinajstić information content (AvgIpc) is 2.61. The van der Waals surface area contributed by atoms with Crippen molar-refractivity contribution in [3.63, 3.8) is 0 Å². The van der Waals surface area contributed by atoms with Crippen molar-refractivity contribution in [3.05, 3.63) is 35.9 Å². The van der Waals surface area contributed by atoms with Crippen LogP contribution in [-0.2, 0) is 9.53 Å². The van der Waals surface area contributed by atoms with Crippen molar-refractivity contribution in [2.75, 3.05) is 6.26 Å². The molecule has 2 nitrogen and oxygen atoms in total. The van der Waals surface area contributed by atoms with Gasteiger partial charge in [0.25, 0.3) is 0 Å². The van der Waals surface area contributed by atoms with E-state index in [0.29, 0.717) is 6.42 Å². The maximum Gasteiger partial charge on any atom is 0.307 e. The van der Waals surface area contributed by atoms with Crippen molar-refractivity contribution < 1.29 is 9.53 Å². The second-order valence-corrected chi connectivity index (χ2v) is 4.38. The van der Waals surface area contributed by atoms with Gasteiger partial charge in [0.15, 0.2) is 0 Å². The fourth-order valence-corrected chi connectivity index (χ4v) is 2.43. The van der Waals surface area contributed by atoms with Crippen LogP contribution in [-0.4, -0.2) is 17.5 Å². The summed E-state index contributed by atoms with van der Waals surface area (Å²) in [6, 6.07) is 9.92. The normalized spacial score (nSPS) is 26.2. The van der Waals surface area contributed by atoms with E-state index >= 15 is 0 Å². The van der Waals surface area contributed by atoms with Crippen molar-refractivity contribution >= 4 is 17.7 Å². The van der Waals surface area contributed by atoms with Gasteiger partial charge in [-0.1, -0.05) is 30.3 Å². The third-order valence-electron chi connectivity index (χ3n) is 2.39. The van der Waals surface area contributed by atoms with Gasteiger partial charge in [0.1, 0.15) is 6.10 Å². The quantitative estimate of drug-likeness (QED) is 0.698. The van der Waals surface area contributed by atoms with E-state index in [-0.39, 0.29) is 17.3 Å². The van der Waals surface area contributed by atoms with Crippen LogP contribution in [0.3, 0.4) is 0 Å². The summed E-state index contributed by atoms with van der Waals surface area (Å²) in [4.78, 5) is 11.2. The Morgan fingerprint density at radius 1 is 1.36 bits per heavy atom. The SMILES string of the molecule is CS[C@H]1CC(=O)O[C@@H]1c1ccccc1. The van der Waals surface area contributed by atoms with E-state index in [1.54, 1.807) is 11.8 Å². The number of benzene rings is 1. The van der Waals surface area contributed by atoms with E-state index in [1.165, 1.54) is 0 Å². The third-order valence-corrected chi connectivity index (χ3v) is 3.41. The molecule has 0 bridgehead atoms. The number of rotatable bonds is 2. The van der Waals surface area contributed by atoms with Crippen LogP contribution in [0.5, 0.6) is 0 Å².